The van der Waals surface area contributed by atoms with Crippen molar-refractivity contribution in [3.05, 3.63) is 82.4 Å². The third-order valence-corrected chi connectivity index (χ3v) is 5.56. The molecule has 4 rings (SSSR count). The summed E-state index contributed by atoms with van der Waals surface area (Å²) < 4.78 is 2.30. The summed E-state index contributed by atoms with van der Waals surface area (Å²) in [5.74, 6) is -0.399. The molecule has 0 bridgehead atoms. The van der Waals surface area contributed by atoms with Gasteiger partial charge in [-0.15, -0.1) is 0 Å². The van der Waals surface area contributed by atoms with Gasteiger partial charge < -0.3 is 10.3 Å². The number of rotatable bonds is 6. The van der Waals surface area contributed by atoms with Crippen LogP contribution in [0.3, 0.4) is 0 Å². The van der Waals surface area contributed by atoms with Crippen LogP contribution in [0.4, 0.5) is 0 Å². The van der Waals surface area contributed by atoms with E-state index in [9.17, 15) is 4.79 Å². The summed E-state index contributed by atoms with van der Waals surface area (Å²) in [4.78, 5) is 12.1. The van der Waals surface area contributed by atoms with Crippen LogP contribution in [0.1, 0.15) is 52.4 Å². The largest absolute Gasteiger partial charge is 0.366 e. The highest BCUT2D eigenvalue weighted by Gasteiger charge is 2.17. The molecule has 147 valence electrons. The van der Waals surface area contributed by atoms with Crippen molar-refractivity contribution in [1.82, 2.24) is 4.57 Å². The Hall–Kier alpha value is -3.07. The van der Waals surface area contributed by atoms with E-state index in [2.05, 4.69) is 67.8 Å². The van der Waals surface area contributed by atoms with Crippen LogP contribution < -0.4 is 5.73 Å². The molecule has 1 heterocycles. The van der Waals surface area contributed by atoms with Gasteiger partial charge in [-0.1, -0.05) is 54.8 Å². The number of benzene rings is 3. The summed E-state index contributed by atoms with van der Waals surface area (Å²) in [5.41, 5.74) is 13.5. The lowest BCUT2D eigenvalue weighted by molar-refractivity contribution is 0.100. The Morgan fingerprint density at radius 3 is 2.48 bits per heavy atom. The Balaban J connectivity index is 1.98. The monoisotopic (exact) mass is 383 g/mol. The van der Waals surface area contributed by atoms with Crippen molar-refractivity contribution in [2.75, 3.05) is 0 Å². The number of carbonyl (C=O) groups is 1. The normalized spacial score (nSPS) is 11.4. The van der Waals surface area contributed by atoms with E-state index in [0.29, 0.717) is 5.56 Å². The molecule has 1 aromatic heterocycles. The molecule has 2 N–H and O–H groups in total. The molecule has 1 radical (unpaired) electrons. The van der Waals surface area contributed by atoms with E-state index >= 15 is 0 Å². The summed E-state index contributed by atoms with van der Waals surface area (Å²) in [5, 5.41) is 1.88. The Morgan fingerprint density at radius 2 is 1.79 bits per heavy atom. The number of fused-ring (bicyclic) bond motifs is 3. The molecule has 0 saturated carbocycles. The van der Waals surface area contributed by atoms with Gasteiger partial charge in [-0.3, -0.25) is 4.79 Å². The Morgan fingerprint density at radius 1 is 1.03 bits per heavy atom. The molecule has 3 heteroatoms. The number of primary amides is 1. The predicted molar refractivity (Wildman–Crippen MR) is 120 cm³/mol. The minimum atomic E-state index is -0.399. The van der Waals surface area contributed by atoms with Gasteiger partial charge in [0.25, 0.3) is 0 Å². The highest BCUT2D eigenvalue weighted by molar-refractivity contribution is 6.17. The quantitative estimate of drug-likeness (QED) is 0.456. The average Bonchev–Trinajstić information content (AvgIpc) is 2.99. The average molecular weight is 384 g/mol. The third kappa shape index (κ3) is 3.65. The van der Waals surface area contributed by atoms with Gasteiger partial charge in [-0.2, -0.15) is 0 Å². The first-order valence-electron chi connectivity index (χ1n) is 10.3. The molecule has 0 aliphatic heterocycles. The van der Waals surface area contributed by atoms with E-state index in [-0.39, 0.29) is 0 Å². The summed E-state index contributed by atoms with van der Waals surface area (Å²) in [6, 6.07) is 20.2. The van der Waals surface area contributed by atoms with Crippen LogP contribution in [-0.4, -0.2) is 10.5 Å². The topological polar surface area (TPSA) is 48.0 Å². The van der Waals surface area contributed by atoms with Gasteiger partial charge in [-0.25, -0.2) is 0 Å². The summed E-state index contributed by atoms with van der Waals surface area (Å²) in [6.45, 7) is 7.21. The van der Waals surface area contributed by atoms with Gasteiger partial charge in [0.2, 0.25) is 5.91 Å². The van der Waals surface area contributed by atoms with Gasteiger partial charge >= 0.3 is 0 Å². The second kappa shape index (κ2) is 7.75. The second-order valence-electron chi connectivity index (χ2n) is 8.02. The van der Waals surface area contributed by atoms with Crippen LogP contribution in [0.2, 0.25) is 0 Å². The molecule has 0 saturated heterocycles. The van der Waals surface area contributed by atoms with Gasteiger partial charge in [0.05, 0.1) is 11.0 Å². The number of nitrogens with zero attached hydrogens (tertiary/aromatic N) is 1. The number of nitrogens with two attached hydrogens (primary N) is 1. The number of hydrogen-bond acceptors (Lipinski definition) is 1. The van der Waals surface area contributed by atoms with Gasteiger partial charge in [0.15, 0.2) is 0 Å². The second-order valence-corrected chi connectivity index (χ2v) is 8.02. The maximum absolute atomic E-state index is 12.1. The molecule has 0 atom stereocenters. The highest BCUT2D eigenvalue weighted by Crippen LogP contribution is 2.33. The van der Waals surface area contributed by atoms with Crippen LogP contribution in [0, 0.1) is 19.9 Å². The van der Waals surface area contributed by atoms with E-state index in [0.717, 1.165) is 47.6 Å². The Labute approximate surface area is 172 Å². The van der Waals surface area contributed by atoms with Crippen LogP contribution in [0.5, 0.6) is 0 Å². The SMILES string of the molecule is CCCCc1c[c]c2c3c(C(N)=O)cccc3n(Cc3cc(C)cc(C)c3)c2c1. The molecule has 4 aromatic rings. The fourth-order valence-electron chi connectivity index (χ4n) is 4.34. The number of amides is 1. The smallest absolute Gasteiger partial charge is 0.249 e. The molecule has 0 aliphatic carbocycles. The first-order valence-corrected chi connectivity index (χ1v) is 10.3. The van der Waals surface area contributed by atoms with Crippen molar-refractivity contribution < 1.29 is 4.79 Å². The van der Waals surface area contributed by atoms with Gasteiger partial charge in [0.1, 0.15) is 0 Å². The van der Waals surface area contributed by atoms with Gasteiger partial charge in [0, 0.05) is 22.9 Å². The molecule has 0 aliphatic rings. The maximum atomic E-state index is 12.1. The minimum Gasteiger partial charge on any atom is -0.366 e. The van der Waals surface area contributed by atoms with Crippen LogP contribution in [0.25, 0.3) is 21.8 Å². The molecule has 0 unspecified atom stereocenters. The standard InChI is InChI=1S/C26H27N2O/c1-4-5-7-19-10-11-21-24(15-19)28(16-20-13-17(2)12-18(3)14-20)23-9-6-8-22(25(21)23)26(27)29/h6,8-10,12-15H,4-5,7,16H2,1-3H3,(H2,27,29). The third-order valence-electron chi connectivity index (χ3n) is 5.56. The van der Waals surface area contributed by atoms with Crippen molar-refractivity contribution in [1.29, 1.82) is 0 Å². The number of aromatic nitrogens is 1. The van der Waals surface area contributed by atoms with Crippen molar-refractivity contribution in [2.45, 2.75) is 46.6 Å². The van der Waals surface area contributed by atoms with Crippen molar-refractivity contribution in [3.8, 4) is 0 Å². The molecular formula is C26H27N2O. The molecule has 0 spiro atoms. The zero-order valence-corrected chi connectivity index (χ0v) is 17.4. The van der Waals surface area contributed by atoms with E-state index in [1.807, 2.05) is 12.1 Å². The first kappa shape index (κ1) is 19.3. The van der Waals surface area contributed by atoms with Gasteiger partial charge in [-0.05, 0) is 62.1 Å². The zero-order valence-electron chi connectivity index (χ0n) is 17.4. The predicted octanol–water partition coefficient (Wildman–Crippen LogP) is 5.70. The minimum absolute atomic E-state index is 0.399. The fraction of sp³-hybridized carbons (Fsp3) is 0.269. The summed E-state index contributed by atoms with van der Waals surface area (Å²) in [6.07, 6.45) is 3.36. The molecule has 3 aromatic carbocycles. The van der Waals surface area contributed by atoms with Crippen LogP contribution in [0.15, 0.2) is 48.5 Å². The molecule has 1 amide bonds. The Kier molecular flexibility index (Phi) is 5.14. The lowest BCUT2D eigenvalue weighted by Gasteiger charge is -2.11. The van der Waals surface area contributed by atoms with Crippen molar-refractivity contribution in [3.63, 3.8) is 0 Å². The Bertz CT molecular complexity index is 1200. The van der Waals surface area contributed by atoms with Crippen molar-refractivity contribution in [2.24, 2.45) is 5.73 Å². The van der Waals surface area contributed by atoms with Crippen molar-refractivity contribution >= 4 is 27.7 Å². The molecular weight excluding hydrogens is 356 g/mol. The highest BCUT2D eigenvalue weighted by atomic mass is 16.1. The van der Waals surface area contributed by atoms with E-state index in [1.165, 1.54) is 22.3 Å². The van der Waals surface area contributed by atoms with Crippen LogP contribution in [-0.2, 0) is 13.0 Å². The van der Waals surface area contributed by atoms with E-state index < -0.39 is 5.91 Å². The lowest BCUT2D eigenvalue weighted by atomic mass is 10.0. The van der Waals surface area contributed by atoms with E-state index in [1.54, 1.807) is 0 Å². The number of unbranched alkanes of at least 4 members (excludes halogenated alkanes) is 1. The first-order chi connectivity index (χ1) is 14.0. The maximum Gasteiger partial charge on any atom is 0.249 e. The number of carbonyl (C=O) groups excluding carboxylic acids is 1. The fourth-order valence-corrected chi connectivity index (χ4v) is 4.34. The molecule has 3 nitrogen and oxygen atoms in total. The molecule has 29 heavy (non-hydrogen) atoms. The number of aryl methyl sites for hydroxylation is 3. The summed E-state index contributed by atoms with van der Waals surface area (Å²) in [7, 11) is 0. The lowest BCUT2D eigenvalue weighted by Crippen LogP contribution is -2.11. The summed E-state index contributed by atoms with van der Waals surface area (Å²) >= 11 is 0. The number of hydrogen-bond donors (Lipinski definition) is 1. The van der Waals surface area contributed by atoms with Crippen LogP contribution >= 0.6 is 0 Å². The molecule has 0 fully saturated rings. The van der Waals surface area contributed by atoms with E-state index in [4.69, 9.17) is 5.73 Å². The zero-order chi connectivity index (χ0) is 20.5.